The summed E-state index contributed by atoms with van der Waals surface area (Å²) in [5, 5.41) is 3.70. The molecule has 2 saturated heterocycles. The van der Waals surface area contributed by atoms with Crippen molar-refractivity contribution in [2.45, 2.75) is 58.0 Å². The molecular weight excluding hydrogens is 234 g/mol. The molecule has 2 rings (SSSR count). The molecule has 19 heavy (non-hydrogen) atoms. The Morgan fingerprint density at radius 1 is 1.21 bits per heavy atom. The number of rotatable bonds is 5. The average molecular weight is 267 g/mol. The van der Waals surface area contributed by atoms with Crippen LogP contribution in [0.1, 0.15) is 46.0 Å². The van der Waals surface area contributed by atoms with Crippen LogP contribution in [-0.4, -0.2) is 61.7 Å². The lowest BCUT2D eigenvalue weighted by atomic mass is 9.93. The van der Waals surface area contributed by atoms with Gasteiger partial charge in [0.15, 0.2) is 0 Å². The molecule has 2 fully saturated rings. The maximum absolute atomic E-state index is 3.70. The smallest absolute Gasteiger partial charge is 0.00940 e. The lowest BCUT2D eigenvalue weighted by molar-refractivity contribution is 0.0901. The summed E-state index contributed by atoms with van der Waals surface area (Å²) in [6.45, 7) is 11.1. The van der Waals surface area contributed by atoms with Crippen LogP contribution in [0.25, 0.3) is 0 Å². The highest BCUT2D eigenvalue weighted by molar-refractivity contribution is 4.85. The zero-order valence-corrected chi connectivity index (χ0v) is 13.2. The van der Waals surface area contributed by atoms with Crippen LogP contribution >= 0.6 is 0 Å². The van der Waals surface area contributed by atoms with Crippen molar-refractivity contribution in [1.29, 1.82) is 0 Å². The van der Waals surface area contributed by atoms with Crippen LogP contribution in [0, 0.1) is 5.92 Å². The molecule has 2 heterocycles. The summed E-state index contributed by atoms with van der Waals surface area (Å²) in [5.74, 6) is 0.904. The molecule has 0 spiro atoms. The van der Waals surface area contributed by atoms with Gasteiger partial charge in [0, 0.05) is 25.2 Å². The van der Waals surface area contributed by atoms with Crippen molar-refractivity contribution in [2.75, 3.05) is 39.8 Å². The predicted molar refractivity (Wildman–Crippen MR) is 82.6 cm³/mol. The van der Waals surface area contributed by atoms with Crippen LogP contribution in [0.5, 0.6) is 0 Å². The highest BCUT2D eigenvalue weighted by Crippen LogP contribution is 2.22. The summed E-state index contributed by atoms with van der Waals surface area (Å²) < 4.78 is 0. The molecule has 0 amide bonds. The Morgan fingerprint density at radius 3 is 2.74 bits per heavy atom. The zero-order valence-electron chi connectivity index (χ0n) is 13.2. The first-order chi connectivity index (χ1) is 9.19. The molecule has 3 atom stereocenters. The van der Waals surface area contributed by atoms with E-state index in [2.05, 4.69) is 36.0 Å². The van der Waals surface area contributed by atoms with Gasteiger partial charge in [-0.25, -0.2) is 0 Å². The lowest BCUT2D eigenvalue weighted by Gasteiger charge is -2.41. The standard InChI is InChI=1S/C16H33N3/c1-4-8-17-16-7-10-19(14(2)11-16)13-15-6-5-9-18(3)12-15/h14-17H,4-13H2,1-3H3. The normalized spacial score (nSPS) is 34.6. The van der Waals surface area contributed by atoms with Crippen LogP contribution in [-0.2, 0) is 0 Å². The number of hydrogen-bond acceptors (Lipinski definition) is 3. The lowest BCUT2D eigenvalue weighted by Crippen LogP contribution is -2.50. The van der Waals surface area contributed by atoms with Crippen LogP contribution in [0.15, 0.2) is 0 Å². The SMILES string of the molecule is CCCNC1CCN(CC2CCCN(C)C2)C(C)C1. The fourth-order valence-corrected chi connectivity index (χ4v) is 3.78. The van der Waals surface area contributed by atoms with Gasteiger partial charge in [-0.05, 0) is 71.6 Å². The quantitative estimate of drug-likeness (QED) is 0.824. The van der Waals surface area contributed by atoms with Crippen molar-refractivity contribution in [2.24, 2.45) is 5.92 Å². The number of nitrogens with zero attached hydrogens (tertiary/aromatic N) is 2. The average Bonchev–Trinajstić information content (AvgIpc) is 2.39. The molecule has 0 radical (unpaired) electrons. The van der Waals surface area contributed by atoms with Crippen LogP contribution in [0.3, 0.4) is 0 Å². The van der Waals surface area contributed by atoms with E-state index < -0.39 is 0 Å². The second kappa shape index (κ2) is 7.61. The van der Waals surface area contributed by atoms with Crippen molar-refractivity contribution < 1.29 is 0 Å². The summed E-state index contributed by atoms with van der Waals surface area (Å²) in [5.41, 5.74) is 0. The van der Waals surface area contributed by atoms with Gasteiger partial charge in [-0.3, -0.25) is 0 Å². The Labute approximate surface area is 119 Å². The summed E-state index contributed by atoms with van der Waals surface area (Å²) >= 11 is 0. The maximum Gasteiger partial charge on any atom is 0.00940 e. The molecule has 2 aliphatic heterocycles. The van der Waals surface area contributed by atoms with E-state index in [1.54, 1.807) is 0 Å². The fraction of sp³-hybridized carbons (Fsp3) is 1.00. The van der Waals surface area contributed by atoms with E-state index in [0.29, 0.717) is 0 Å². The van der Waals surface area contributed by atoms with Crippen LogP contribution in [0.2, 0.25) is 0 Å². The molecule has 3 nitrogen and oxygen atoms in total. The third-order valence-corrected chi connectivity index (χ3v) is 4.91. The summed E-state index contributed by atoms with van der Waals surface area (Å²) in [6, 6.07) is 1.52. The van der Waals surface area contributed by atoms with E-state index in [0.717, 1.165) is 18.0 Å². The molecular formula is C16H33N3. The molecule has 0 aliphatic carbocycles. The van der Waals surface area contributed by atoms with E-state index in [9.17, 15) is 0 Å². The van der Waals surface area contributed by atoms with Crippen molar-refractivity contribution in [1.82, 2.24) is 15.1 Å². The minimum absolute atomic E-state index is 0.760. The van der Waals surface area contributed by atoms with E-state index >= 15 is 0 Å². The van der Waals surface area contributed by atoms with E-state index in [4.69, 9.17) is 0 Å². The largest absolute Gasteiger partial charge is 0.314 e. The van der Waals surface area contributed by atoms with Crippen molar-refractivity contribution in [3.63, 3.8) is 0 Å². The molecule has 0 bridgehead atoms. The Bertz CT molecular complexity index is 256. The first kappa shape index (κ1) is 15.3. The minimum Gasteiger partial charge on any atom is -0.314 e. The topological polar surface area (TPSA) is 18.5 Å². The van der Waals surface area contributed by atoms with Gasteiger partial charge in [0.2, 0.25) is 0 Å². The maximum atomic E-state index is 3.70. The third kappa shape index (κ3) is 4.73. The molecule has 112 valence electrons. The molecule has 3 heteroatoms. The minimum atomic E-state index is 0.760. The fourth-order valence-electron chi connectivity index (χ4n) is 3.78. The van der Waals surface area contributed by atoms with Crippen molar-refractivity contribution in [3.05, 3.63) is 0 Å². The predicted octanol–water partition coefficient (Wildman–Crippen LogP) is 2.18. The Morgan fingerprint density at radius 2 is 2.05 bits per heavy atom. The molecule has 3 unspecified atom stereocenters. The highest BCUT2D eigenvalue weighted by Gasteiger charge is 2.28. The number of hydrogen-bond donors (Lipinski definition) is 1. The molecule has 0 aromatic carbocycles. The number of likely N-dealkylation sites (tertiary alicyclic amines) is 2. The van der Waals surface area contributed by atoms with Crippen LogP contribution < -0.4 is 5.32 Å². The third-order valence-electron chi connectivity index (χ3n) is 4.91. The Kier molecular flexibility index (Phi) is 6.11. The molecule has 1 N–H and O–H groups in total. The van der Waals surface area contributed by atoms with Gasteiger partial charge in [0.05, 0.1) is 0 Å². The summed E-state index contributed by atoms with van der Waals surface area (Å²) in [4.78, 5) is 5.25. The number of piperidine rings is 2. The Hall–Kier alpha value is -0.120. The zero-order chi connectivity index (χ0) is 13.7. The van der Waals surface area contributed by atoms with E-state index in [-0.39, 0.29) is 0 Å². The molecule has 0 aromatic heterocycles. The second-order valence-electron chi connectivity index (χ2n) is 6.79. The summed E-state index contributed by atoms with van der Waals surface area (Å²) in [7, 11) is 2.27. The van der Waals surface area contributed by atoms with Gasteiger partial charge in [0.1, 0.15) is 0 Å². The van der Waals surface area contributed by atoms with Gasteiger partial charge in [0.25, 0.3) is 0 Å². The van der Waals surface area contributed by atoms with Crippen molar-refractivity contribution in [3.8, 4) is 0 Å². The molecule has 0 saturated carbocycles. The van der Waals surface area contributed by atoms with Gasteiger partial charge in [-0.15, -0.1) is 0 Å². The first-order valence-corrected chi connectivity index (χ1v) is 8.35. The van der Waals surface area contributed by atoms with Crippen molar-refractivity contribution >= 4 is 0 Å². The number of nitrogens with one attached hydrogen (secondary N) is 1. The van der Waals surface area contributed by atoms with E-state index in [1.165, 1.54) is 64.8 Å². The van der Waals surface area contributed by atoms with Gasteiger partial charge in [-0.1, -0.05) is 6.92 Å². The van der Waals surface area contributed by atoms with Crippen LogP contribution in [0.4, 0.5) is 0 Å². The highest BCUT2D eigenvalue weighted by atomic mass is 15.2. The Balaban J connectivity index is 1.73. The van der Waals surface area contributed by atoms with E-state index in [1.807, 2.05) is 0 Å². The monoisotopic (exact) mass is 267 g/mol. The second-order valence-corrected chi connectivity index (χ2v) is 6.79. The molecule has 2 aliphatic rings. The van der Waals surface area contributed by atoms with Gasteiger partial charge >= 0.3 is 0 Å². The first-order valence-electron chi connectivity index (χ1n) is 8.35. The van der Waals surface area contributed by atoms with Gasteiger partial charge < -0.3 is 15.1 Å². The molecule has 0 aromatic rings. The van der Waals surface area contributed by atoms with Gasteiger partial charge in [-0.2, -0.15) is 0 Å². The summed E-state index contributed by atoms with van der Waals surface area (Å²) in [6.07, 6.45) is 6.76.